The monoisotopic (exact) mass is 381 g/mol. The number of amides is 1. The molecule has 0 radical (unpaired) electrons. The van der Waals surface area contributed by atoms with Gasteiger partial charge in [-0.05, 0) is 36.2 Å². The van der Waals surface area contributed by atoms with E-state index in [1.165, 1.54) is 0 Å². The molecule has 0 aliphatic carbocycles. The average Bonchev–Trinajstić information content (AvgIpc) is 3.06. The fraction of sp³-hybridized carbons (Fsp3) is 0.278. The number of carbonyl (C=O) groups is 1. The Kier molecular flexibility index (Phi) is 5.56. The van der Waals surface area contributed by atoms with Crippen LogP contribution in [-0.4, -0.2) is 19.3 Å². The quantitative estimate of drug-likeness (QED) is 0.803. The van der Waals surface area contributed by atoms with Crippen LogP contribution in [0.2, 0.25) is 10.0 Å². The Morgan fingerprint density at radius 3 is 2.60 bits per heavy atom. The average molecular weight is 382 g/mol. The van der Waals surface area contributed by atoms with Crippen molar-refractivity contribution in [1.82, 2.24) is 5.32 Å². The van der Waals surface area contributed by atoms with Crippen molar-refractivity contribution in [3.8, 4) is 17.2 Å². The SMILES string of the molecule is CCCOc1c(Cl)cc(C(=O)NCc2ccc3c(c2)OCO3)cc1Cl. The van der Waals surface area contributed by atoms with E-state index in [1.54, 1.807) is 12.1 Å². The first-order chi connectivity index (χ1) is 12.1. The fourth-order valence-electron chi connectivity index (χ4n) is 2.37. The summed E-state index contributed by atoms with van der Waals surface area (Å²) in [6, 6.07) is 8.62. The van der Waals surface area contributed by atoms with Crippen LogP contribution in [0.5, 0.6) is 17.2 Å². The highest BCUT2D eigenvalue weighted by molar-refractivity contribution is 6.37. The molecule has 0 saturated heterocycles. The van der Waals surface area contributed by atoms with Crippen molar-refractivity contribution in [2.75, 3.05) is 13.4 Å². The molecular weight excluding hydrogens is 365 g/mol. The Balaban J connectivity index is 1.67. The van der Waals surface area contributed by atoms with Crippen LogP contribution in [0, 0.1) is 0 Å². The van der Waals surface area contributed by atoms with Gasteiger partial charge in [0.2, 0.25) is 6.79 Å². The summed E-state index contributed by atoms with van der Waals surface area (Å²) in [5, 5.41) is 3.46. The highest BCUT2D eigenvalue weighted by Crippen LogP contribution is 2.35. The lowest BCUT2D eigenvalue weighted by Gasteiger charge is -2.11. The molecule has 1 aliphatic rings. The van der Waals surface area contributed by atoms with E-state index in [0.29, 0.717) is 46.0 Å². The third-order valence-electron chi connectivity index (χ3n) is 3.60. The molecule has 1 heterocycles. The van der Waals surface area contributed by atoms with E-state index in [9.17, 15) is 4.79 Å². The molecule has 0 saturated carbocycles. The van der Waals surface area contributed by atoms with E-state index >= 15 is 0 Å². The lowest BCUT2D eigenvalue weighted by atomic mass is 10.1. The van der Waals surface area contributed by atoms with Gasteiger partial charge in [-0.2, -0.15) is 0 Å². The van der Waals surface area contributed by atoms with Gasteiger partial charge < -0.3 is 19.5 Å². The second-order valence-electron chi connectivity index (χ2n) is 5.49. The molecule has 0 aromatic heterocycles. The molecule has 2 aromatic rings. The van der Waals surface area contributed by atoms with Gasteiger partial charge in [-0.3, -0.25) is 4.79 Å². The zero-order valence-electron chi connectivity index (χ0n) is 13.6. The molecule has 3 rings (SSSR count). The lowest BCUT2D eigenvalue weighted by molar-refractivity contribution is 0.0951. The molecule has 0 spiro atoms. The van der Waals surface area contributed by atoms with Gasteiger partial charge >= 0.3 is 0 Å². The number of halogens is 2. The second-order valence-corrected chi connectivity index (χ2v) is 6.30. The van der Waals surface area contributed by atoms with E-state index in [4.69, 9.17) is 37.4 Å². The first-order valence-corrected chi connectivity index (χ1v) is 8.62. The highest BCUT2D eigenvalue weighted by Gasteiger charge is 2.16. The number of carbonyl (C=O) groups excluding carboxylic acids is 1. The zero-order valence-corrected chi connectivity index (χ0v) is 15.1. The van der Waals surface area contributed by atoms with Crippen molar-refractivity contribution < 1.29 is 19.0 Å². The van der Waals surface area contributed by atoms with Crippen molar-refractivity contribution in [1.29, 1.82) is 0 Å². The molecule has 0 unspecified atom stereocenters. The summed E-state index contributed by atoms with van der Waals surface area (Å²) >= 11 is 12.4. The van der Waals surface area contributed by atoms with Gasteiger partial charge in [0, 0.05) is 12.1 Å². The second kappa shape index (κ2) is 7.85. The van der Waals surface area contributed by atoms with Gasteiger partial charge in [0.1, 0.15) is 0 Å². The van der Waals surface area contributed by atoms with Gasteiger partial charge in [-0.25, -0.2) is 0 Å². The number of hydrogen-bond acceptors (Lipinski definition) is 4. The van der Waals surface area contributed by atoms with Gasteiger partial charge in [0.05, 0.1) is 16.7 Å². The molecule has 0 bridgehead atoms. The van der Waals surface area contributed by atoms with Crippen LogP contribution in [0.4, 0.5) is 0 Å². The molecule has 2 aromatic carbocycles. The fourth-order valence-corrected chi connectivity index (χ4v) is 2.96. The molecule has 25 heavy (non-hydrogen) atoms. The predicted octanol–water partition coefficient (Wildman–Crippen LogP) is 4.44. The van der Waals surface area contributed by atoms with Crippen molar-refractivity contribution in [3.05, 3.63) is 51.5 Å². The standard InChI is InChI=1S/C18H17Cl2NO4/c1-2-5-23-17-13(19)7-12(8-14(17)20)18(22)21-9-11-3-4-15-16(6-11)25-10-24-15/h3-4,6-8H,2,5,9-10H2,1H3,(H,21,22). The Morgan fingerprint density at radius 1 is 1.16 bits per heavy atom. The Bertz CT molecular complexity index is 772. The third kappa shape index (κ3) is 4.11. The van der Waals surface area contributed by atoms with Crippen LogP contribution < -0.4 is 19.5 Å². The largest absolute Gasteiger partial charge is 0.490 e. The summed E-state index contributed by atoms with van der Waals surface area (Å²) in [7, 11) is 0. The third-order valence-corrected chi connectivity index (χ3v) is 4.16. The minimum absolute atomic E-state index is 0.217. The maximum absolute atomic E-state index is 12.4. The minimum atomic E-state index is -0.275. The molecule has 0 atom stereocenters. The van der Waals surface area contributed by atoms with Crippen LogP contribution in [0.15, 0.2) is 30.3 Å². The summed E-state index contributed by atoms with van der Waals surface area (Å²) in [6.45, 7) is 3.06. The molecular formula is C18H17Cl2NO4. The molecule has 1 N–H and O–H groups in total. The van der Waals surface area contributed by atoms with E-state index < -0.39 is 0 Å². The molecule has 132 valence electrons. The number of benzene rings is 2. The van der Waals surface area contributed by atoms with Crippen LogP contribution in [0.3, 0.4) is 0 Å². The van der Waals surface area contributed by atoms with Gasteiger partial charge in [-0.1, -0.05) is 36.2 Å². The lowest BCUT2D eigenvalue weighted by Crippen LogP contribution is -2.22. The van der Waals surface area contributed by atoms with E-state index in [2.05, 4.69) is 5.32 Å². The van der Waals surface area contributed by atoms with Crippen molar-refractivity contribution in [3.63, 3.8) is 0 Å². The van der Waals surface area contributed by atoms with Gasteiger partial charge in [-0.15, -0.1) is 0 Å². The molecule has 5 nitrogen and oxygen atoms in total. The molecule has 1 amide bonds. The van der Waals surface area contributed by atoms with Crippen molar-refractivity contribution >= 4 is 29.1 Å². The Labute approximate surface area is 155 Å². The van der Waals surface area contributed by atoms with Crippen molar-refractivity contribution in [2.45, 2.75) is 19.9 Å². The summed E-state index contributed by atoms with van der Waals surface area (Å²) < 4.78 is 16.1. The van der Waals surface area contributed by atoms with Crippen LogP contribution in [0.25, 0.3) is 0 Å². The minimum Gasteiger partial charge on any atom is -0.490 e. The topological polar surface area (TPSA) is 56.8 Å². The highest BCUT2D eigenvalue weighted by atomic mass is 35.5. The first-order valence-electron chi connectivity index (χ1n) is 7.87. The van der Waals surface area contributed by atoms with E-state index in [0.717, 1.165) is 12.0 Å². The predicted molar refractivity (Wildman–Crippen MR) is 96.0 cm³/mol. The van der Waals surface area contributed by atoms with E-state index in [1.807, 2.05) is 25.1 Å². The first kappa shape index (κ1) is 17.7. The maximum atomic E-state index is 12.4. The number of hydrogen-bond donors (Lipinski definition) is 1. The van der Waals surface area contributed by atoms with Gasteiger partial charge in [0.15, 0.2) is 17.2 Å². The number of rotatable bonds is 6. The number of ether oxygens (including phenoxy) is 3. The van der Waals surface area contributed by atoms with Crippen LogP contribution in [-0.2, 0) is 6.54 Å². The smallest absolute Gasteiger partial charge is 0.251 e. The number of fused-ring (bicyclic) bond motifs is 1. The molecule has 7 heteroatoms. The summed E-state index contributed by atoms with van der Waals surface area (Å²) in [6.07, 6.45) is 0.838. The van der Waals surface area contributed by atoms with Gasteiger partial charge in [0.25, 0.3) is 5.91 Å². The number of nitrogens with one attached hydrogen (secondary N) is 1. The summed E-state index contributed by atoms with van der Waals surface area (Å²) in [5.41, 5.74) is 1.28. The zero-order chi connectivity index (χ0) is 17.8. The van der Waals surface area contributed by atoms with E-state index in [-0.39, 0.29) is 12.7 Å². The molecule has 0 fully saturated rings. The van der Waals surface area contributed by atoms with Crippen LogP contribution in [0.1, 0.15) is 29.3 Å². The summed E-state index contributed by atoms with van der Waals surface area (Å²) in [5.74, 6) is 1.51. The molecule has 1 aliphatic heterocycles. The Hall–Kier alpha value is -2.11. The van der Waals surface area contributed by atoms with Crippen molar-refractivity contribution in [2.24, 2.45) is 0 Å². The van der Waals surface area contributed by atoms with Crippen LogP contribution >= 0.6 is 23.2 Å². The summed E-state index contributed by atoms with van der Waals surface area (Å²) in [4.78, 5) is 12.4. The Morgan fingerprint density at radius 2 is 1.88 bits per heavy atom. The normalized spacial score (nSPS) is 12.1. The maximum Gasteiger partial charge on any atom is 0.251 e.